The van der Waals surface area contributed by atoms with Crippen LogP contribution in [0.1, 0.15) is 6.92 Å². The smallest absolute Gasteiger partial charge is 0.258 e. The van der Waals surface area contributed by atoms with Gasteiger partial charge in [0.1, 0.15) is 5.75 Å². The predicted octanol–water partition coefficient (Wildman–Crippen LogP) is 1.18. The molecule has 4 nitrogen and oxygen atoms in total. The molecule has 0 saturated carbocycles. The number of halogens is 1. The Balaban J connectivity index is 2.40. The maximum absolute atomic E-state index is 11.4. The molecule has 1 aromatic carbocycles. The zero-order chi connectivity index (χ0) is 12.0. The summed E-state index contributed by atoms with van der Waals surface area (Å²) in [5.74, 6) is 0.289. The number of hydrogen-bond donors (Lipinski definition) is 2. The van der Waals surface area contributed by atoms with E-state index in [0.717, 1.165) is 0 Å². The Morgan fingerprint density at radius 3 is 2.88 bits per heavy atom. The molecule has 0 spiro atoms. The third kappa shape index (κ3) is 4.08. The number of ether oxygens (including phenoxy) is 1. The molecule has 0 aliphatic carbocycles. The van der Waals surface area contributed by atoms with E-state index in [4.69, 9.17) is 22.1 Å². The normalized spacial score (nSPS) is 11.9. The Bertz CT molecular complexity index is 358. The lowest BCUT2D eigenvalue weighted by Gasteiger charge is -2.12. The van der Waals surface area contributed by atoms with E-state index in [-0.39, 0.29) is 18.6 Å². The molecule has 0 aromatic heterocycles. The Hall–Kier alpha value is -1.26. The highest BCUT2D eigenvalue weighted by Gasteiger charge is 2.07. The third-order valence-electron chi connectivity index (χ3n) is 1.96. The van der Waals surface area contributed by atoms with Gasteiger partial charge in [-0.3, -0.25) is 4.79 Å². The average molecular weight is 243 g/mol. The van der Waals surface area contributed by atoms with Crippen molar-refractivity contribution >= 4 is 17.5 Å². The molecule has 5 heteroatoms. The molecule has 1 amide bonds. The van der Waals surface area contributed by atoms with Gasteiger partial charge in [0.05, 0.1) is 5.02 Å². The minimum Gasteiger partial charge on any atom is -0.482 e. The summed E-state index contributed by atoms with van der Waals surface area (Å²) in [6, 6.07) is 6.95. The van der Waals surface area contributed by atoms with Crippen molar-refractivity contribution in [1.82, 2.24) is 5.32 Å². The predicted molar refractivity (Wildman–Crippen MR) is 63.6 cm³/mol. The minimum absolute atomic E-state index is 0.0534. The number of amides is 1. The summed E-state index contributed by atoms with van der Waals surface area (Å²) in [7, 11) is 0. The lowest BCUT2D eigenvalue weighted by atomic mass is 10.3. The molecule has 88 valence electrons. The van der Waals surface area contributed by atoms with Gasteiger partial charge in [-0.15, -0.1) is 0 Å². The van der Waals surface area contributed by atoms with Crippen molar-refractivity contribution in [3.05, 3.63) is 29.3 Å². The van der Waals surface area contributed by atoms with Crippen molar-refractivity contribution in [2.24, 2.45) is 5.73 Å². The van der Waals surface area contributed by atoms with E-state index in [2.05, 4.69) is 5.32 Å². The van der Waals surface area contributed by atoms with Crippen LogP contribution < -0.4 is 15.8 Å². The molecule has 0 radical (unpaired) electrons. The Kier molecular flexibility index (Phi) is 5.08. The first kappa shape index (κ1) is 12.8. The number of nitrogens with two attached hydrogens (primary N) is 1. The van der Waals surface area contributed by atoms with Gasteiger partial charge in [0.2, 0.25) is 0 Å². The fourth-order valence-corrected chi connectivity index (χ4v) is 1.27. The second-order valence-corrected chi connectivity index (χ2v) is 3.83. The largest absolute Gasteiger partial charge is 0.482 e. The molecule has 0 bridgehead atoms. The molecule has 16 heavy (non-hydrogen) atoms. The highest BCUT2D eigenvalue weighted by atomic mass is 35.5. The molecule has 0 saturated heterocycles. The van der Waals surface area contributed by atoms with E-state index < -0.39 is 0 Å². The van der Waals surface area contributed by atoms with Crippen LogP contribution in [0.3, 0.4) is 0 Å². The maximum Gasteiger partial charge on any atom is 0.258 e. The average Bonchev–Trinajstić information content (AvgIpc) is 2.28. The molecule has 3 N–H and O–H groups in total. The molecular weight excluding hydrogens is 228 g/mol. The SMILES string of the molecule is C[C@@H](CN)NC(=O)COc1ccccc1Cl. The number of carbonyl (C=O) groups excluding carboxylic acids is 1. The van der Waals surface area contributed by atoms with Crippen molar-refractivity contribution in [3.8, 4) is 5.75 Å². The lowest BCUT2D eigenvalue weighted by Crippen LogP contribution is -2.40. The molecule has 0 heterocycles. The molecule has 0 unspecified atom stereocenters. The van der Waals surface area contributed by atoms with Gasteiger partial charge in [0, 0.05) is 12.6 Å². The van der Waals surface area contributed by atoms with Crippen LogP contribution in [-0.2, 0) is 4.79 Å². The summed E-state index contributed by atoms with van der Waals surface area (Å²) >= 11 is 5.86. The minimum atomic E-state index is -0.210. The summed E-state index contributed by atoms with van der Waals surface area (Å²) in [4.78, 5) is 11.4. The van der Waals surface area contributed by atoms with E-state index >= 15 is 0 Å². The van der Waals surface area contributed by atoms with Crippen molar-refractivity contribution in [3.63, 3.8) is 0 Å². The first-order valence-electron chi connectivity index (χ1n) is 5.00. The van der Waals surface area contributed by atoms with Crippen LogP contribution in [0.4, 0.5) is 0 Å². The van der Waals surface area contributed by atoms with Crippen molar-refractivity contribution in [2.75, 3.05) is 13.2 Å². The van der Waals surface area contributed by atoms with Crippen LogP contribution in [0.5, 0.6) is 5.75 Å². The fourth-order valence-electron chi connectivity index (χ4n) is 1.08. The summed E-state index contributed by atoms with van der Waals surface area (Å²) in [5, 5.41) is 3.18. The van der Waals surface area contributed by atoms with E-state index in [1.165, 1.54) is 0 Å². The number of hydrogen-bond acceptors (Lipinski definition) is 3. The molecular formula is C11H15ClN2O2. The molecule has 1 atom stereocenters. The van der Waals surface area contributed by atoms with Gasteiger partial charge in [0.15, 0.2) is 6.61 Å². The van der Waals surface area contributed by atoms with Crippen molar-refractivity contribution < 1.29 is 9.53 Å². The first-order valence-corrected chi connectivity index (χ1v) is 5.38. The molecule has 1 rings (SSSR count). The lowest BCUT2D eigenvalue weighted by molar-refractivity contribution is -0.123. The van der Waals surface area contributed by atoms with Crippen LogP contribution in [0.25, 0.3) is 0 Å². The monoisotopic (exact) mass is 242 g/mol. The zero-order valence-corrected chi connectivity index (χ0v) is 9.83. The summed E-state index contributed by atoms with van der Waals surface area (Å²) < 4.78 is 5.26. The van der Waals surface area contributed by atoms with Gasteiger partial charge in [-0.25, -0.2) is 0 Å². The maximum atomic E-state index is 11.4. The standard InChI is InChI=1S/C11H15ClN2O2/c1-8(6-13)14-11(15)7-16-10-5-3-2-4-9(10)12/h2-5,8H,6-7,13H2,1H3,(H,14,15)/t8-/m0/s1. The Morgan fingerprint density at radius 2 is 2.25 bits per heavy atom. The highest BCUT2D eigenvalue weighted by molar-refractivity contribution is 6.32. The molecule has 1 aromatic rings. The fraction of sp³-hybridized carbons (Fsp3) is 0.364. The first-order chi connectivity index (χ1) is 7.63. The number of rotatable bonds is 5. The van der Waals surface area contributed by atoms with Gasteiger partial charge in [-0.05, 0) is 19.1 Å². The zero-order valence-electron chi connectivity index (χ0n) is 9.07. The van der Waals surface area contributed by atoms with E-state index in [9.17, 15) is 4.79 Å². The summed E-state index contributed by atoms with van der Waals surface area (Å²) in [6.07, 6.45) is 0. The molecule has 0 aliphatic heterocycles. The van der Waals surface area contributed by atoms with Crippen LogP contribution >= 0.6 is 11.6 Å². The quantitative estimate of drug-likeness (QED) is 0.815. The van der Waals surface area contributed by atoms with Crippen LogP contribution in [0.15, 0.2) is 24.3 Å². The van der Waals surface area contributed by atoms with Crippen LogP contribution in [0.2, 0.25) is 5.02 Å². The summed E-state index contributed by atoms with van der Waals surface area (Å²) in [6.45, 7) is 2.17. The summed E-state index contributed by atoms with van der Waals surface area (Å²) in [5.41, 5.74) is 5.38. The van der Waals surface area contributed by atoms with Gasteiger partial charge in [-0.2, -0.15) is 0 Å². The number of benzene rings is 1. The second-order valence-electron chi connectivity index (χ2n) is 3.42. The van der Waals surface area contributed by atoms with Gasteiger partial charge in [-0.1, -0.05) is 23.7 Å². The second kappa shape index (κ2) is 6.35. The van der Waals surface area contributed by atoms with Crippen molar-refractivity contribution in [1.29, 1.82) is 0 Å². The van der Waals surface area contributed by atoms with E-state index in [1.54, 1.807) is 24.3 Å². The van der Waals surface area contributed by atoms with Gasteiger partial charge < -0.3 is 15.8 Å². The van der Waals surface area contributed by atoms with E-state index in [1.807, 2.05) is 6.92 Å². The topological polar surface area (TPSA) is 64.3 Å². The third-order valence-corrected chi connectivity index (χ3v) is 2.27. The van der Waals surface area contributed by atoms with Crippen LogP contribution in [0, 0.1) is 0 Å². The van der Waals surface area contributed by atoms with Gasteiger partial charge in [0.25, 0.3) is 5.91 Å². The van der Waals surface area contributed by atoms with Gasteiger partial charge >= 0.3 is 0 Å². The number of para-hydroxylation sites is 1. The Labute approximate surface area is 99.7 Å². The number of carbonyl (C=O) groups is 1. The molecule has 0 fully saturated rings. The Morgan fingerprint density at radius 1 is 1.56 bits per heavy atom. The van der Waals surface area contributed by atoms with Crippen LogP contribution in [-0.4, -0.2) is 25.1 Å². The van der Waals surface area contributed by atoms with E-state index in [0.29, 0.717) is 17.3 Å². The molecule has 0 aliphatic rings. The van der Waals surface area contributed by atoms with Crippen molar-refractivity contribution in [2.45, 2.75) is 13.0 Å². The number of nitrogens with one attached hydrogen (secondary N) is 1. The highest BCUT2D eigenvalue weighted by Crippen LogP contribution is 2.22.